The van der Waals surface area contributed by atoms with Gasteiger partial charge in [-0.3, -0.25) is 4.90 Å². The van der Waals surface area contributed by atoms with Crippen molar-refractivity contribution in [2.24, 2.45) is 0 Å². The van der Waals surface area contributed by atoms with E-state index in [0.29, 0.717) is 0 Å². The number of benzene rings is 1. The Kier molecular flexibility index (Phi) is 4.37. The van der Waals surface area contributed by atoms with E-state index in [-0.39, 0.29) is 0 Å². The van der Waals surface area contributed by atoms with Crippen LogP contribution in [-0.4, -0.2) is 25.6 Å². The first kappa shape index (κ1) is 11.8. The third-order valence-electron chi connectivity index (χ3n) is 2.13. The molecule has 15 heavy (non-hydrogen) atoms. The van der Waals surface area contributed by atoms with Gasteiger partial charge in [0, 0.05) is 13.1 Å². The fourth-order valence-electron chi connectivity index (χ4n) is 1.60. The third-order valence-corrected chi connectivity index (χ3v) is 2.13. The van der Waals surface area contributed by atoms with E-state index in [1.807, 2.05) is 19.1 Å². The van der Waals surface area contributed by atoms with E-state index in [4.69, 9.17) is 4.74 Å². The van der Waals surface area contributed by atoms with Crippen molar-refractivity contribution in [1.82, 2.24) is 4.90 Å². The number of hydrogen-bond acceptors (Lipinski definition) is 2. The molecule has 0 bridgehead atoms. The molecule has 0 aliphatic rings. The van der Waals surface area contributed by atoms with Crippen LogP contribution in [0.2, 0.25) is 0 Å². The largest absolute Gasteiger partial charge is 0.497 e. The van der Waals surface area contributed by atoms with E-state index in [2.05, 4.69) is 30.7 Å². The molecule has 0 aromatic heterocycles. The minimum Gasteiger partial charge on any atom is -0.497 e. The smallest absolute Gasteiger partial charge is 0.119 e. The molecule has 1 rings (SSSR count). The number of methoxy groups -OCH3 is 1. The van der Waals surface area contributed by atoms with Crippen LogP contribution in [0.3, 0.4) is 0 Å². The first-order valence-corrected chi connectivity index (χ1v) is 5.07. The highest BCUT2D eigenvalue weighted by atomic mass is 16.5. The molecule has 82 valence electrons. The summed E-state index contributed by atoms with van der Waals surface area (Å²) in [6.45, 7) is 7.80. The highest BCUT2D eigenvalue weighted by Crippen LogP contribution is 2.13. The Bertz CT molecular complexity index is 333. The van der Waals surface area contributed by atoms with Crippen molar-refractivity contribution in [3.05, 3.63) is 42.0 Å². The third kappa shape index (κ3) is 4.17. The van der Waals surface area contributed by atoms with E-state index >= 15 is 0 Å². The fourth-order valence-corrected chi connectivity index (χ4v) is 1.60. The molecule has 0 saturated carbocycles. The Morgan fingerprint density at radius 3 is 2.80 bits per heavy atom. The molecule has 0 radical (unpaired) electrons. The molecule has 1 aromatic carbocycles. The Morgan fingerprint density at radius 2 is 2.20 bits per heavy atom. The summed E-state index contributed by atoms with van der Waals surface area (Å²) in [6.07, 6.45) is 0. The number of likely N-dealkylation sites (N-methyl/N-ethyl adjacent to an activating group) is 1. The van der Waals surface area contributed by atoms with E-state index in [0.717, 1.165) is 18.8 Å². The van der Waals surface area contributed by atoms with Crippen molar-refractivity contribution in [1.29, 1.82) is 0 Å². The van der Waals surface area contributed by atoms with Crippen molar-refractivity contribution in [3.63, 3.8) is 0 Å². The second kappa shape index (κ2) is 5.56. The number of ether oxygens (including phenoxy) is 1. The second-order valence-electron chi connectivity index (χ2n) is 3.98. The first-order chi connectivity index (χ1) is 7.11. The van der Waals surface area contributed by atoms with E-state index in [1.54, 1.807) is 7.11 Å². The Morgan fingerprint density at radius 1 is 1.47 bits per heavy atom. The van der Waals surface area contributed by atoms with Crippen molar-refractivity contribution in [2.75, 3.05) is 20.7 Å². The summed E-state index contributed by atoms with van der Waals surface area (Å²) >= 11 is 0. The lowest BCUT2D eigenvalue weighted by atomic mass is 10.2. The molecule has 0 atom stereocenters. The molecule has 0 heterocycles. The predicted molar refractivity (Wildman–Crippen MR) is 64.1 cm³/mol. The summed E-state index contributed by atoms with van der Waals surface area (Å²) in [5.41, 5.74) is 2.44. The lowest BCUT2D eigenvalue weighted by Crippen LogP contribution is -2.19. The summed E-state index contributed by atoms with van der Waals surface area (Å²) < 4.78 is 5.18. The maximum atomic E-state index is 5.18. The lowest BCUT2D eigenvalue weighted by molar-refractivity contribution is 0.354. The Labute approximate surface area is 92.2 Å². The quantitative estimate of drug-likeness (QED) is 0.685. The summed E-state index contributed by atoms with van der Waals surface area (Å²) in [5, 5.41) is 0. The van der Waals surface area contributed by atoms with Crippen LogP contribution < -0.4 is 4.74 Å². The predicted octanol–water partition coefficient (Wildman–Crippen LogP) is 2.70. The SMILES string of the molecule is C=C(C)CN(C)Cc1cccc(OC)c1. The highest BCUT2D eigenvalue weighted by molar-refractivity contribution is 5.28. The number of nitrogens with zero attached hydrogens (tertiary/aromatic N) is 1. The minimum atomic E-state index is 0.913. The summed E-state index contributed by atoms with van der Waals surface area (Å²) in [5.74, 6) is 0.913. The topological polar surface area (TPSA) is 12.5 Å². The van der Waals surface area contributed by atoms with Crippen LogP contribution in [0, 0.1) is 0 Å². The van der Waals surface area contributed by atoms with Gasteiger partial charge in [0.15, 0.2) is 0 Å². The highest BCUT2D eigenvalue weighted by Gasteiger charge is 2.01. The van der Waals surface area contributed by atoms with Crippen LogP contribution in [0.25, 0.3) is 0 Å². The second-order valence-corrected chi connectivity index (χ2v) is 3.98. The zero-order chi connectivity index (χ0) is 11.3. The monoisotopic (exact) mass is 205 g/mol. The molecule has 2 heteroatoms. The molecule has 0 fully saturated rings. The molecule has 0 saturated heterocycles. The van der Waals surface area contributed by atoms with Crippen molar-refractivity contribution in [2.45, 2.75) is 13.5 Å². The van der Waals surface area contributed by atoms with Gasteiger partial charge in [-0.1, -0.05) is 24.3 Å². The van der Waals surface area contributed by atoms with Gasteiger partial charge in [-0.05, 0) is 31.7 Å². The molecule has 2 nitrogen and oxygen atoms in total. The van der Waals surface area contributed by atoms with E-state index in [1.165, 1.54) is 11.1 Å². The average molecular weight is 205 g/mol. The maximum absolute atomic E-state index is 5.18. The van der Waals surface area contributed by atoms with Gasteiger partial charge in [0.25, 0.3) is 0 Å². The number of rotatable bonds is 5. The molecular weight excluding hydrogens is 186 g/mol. The molecule has 0 unspecified atom stereocenters. The fraction of sp³-hybridized carbons (Fsp3) is 0.385. The van der Waals surface area contributed by atoms with Crippen molar-refractivity contribution in [3.8, 4) is 5.75 Å². The summed E-state index contributed by atoms with van der Waals surface area (Å²) in [7, 11) is 3.78. The standard InChI is InChI=1S/C13H19NO/c1-11(2)9-14(3)10-12-6-5-7-13(8-12)15-4/h5-8H,1,9-10H2,2-4H3. The van der Waals surface area contributed by atoms with E-state index in [9.17, 15) is 0 Å². The van der Waals surface area contributed by atoms with Gasteiger partial charge >= 0.3 is 0 Å². The molecule has 0 aliphatic heterocycles. The van der Waals surface area contributed by atoms with Gasteiger partial charge in [-0.25, -0.2) is 0 Å². The Balaban J connectivity index is 2.59. The zero-order valence-corrected chi connectivity index (χ0v) is 9.79. The first-order valence-electron chi connectivity index (χ1n) is 5.07. The normalized spacial score (nSPS) is 10.4. The molecule has 0 amide bonds. The molecule has 0 N–H and O–H groups in total. The Hall–Kier alpha value is -1.28. The lowest BCUT2D eigenvalue weighted by Gasteiger charge is -2.16. The summed E-state index contributed by atoms with van der Waals surface area (Å²) in [4.78, 5) is 2.23. The van der Waals surface area contributed by atoms with Crippen LogP contribution in [-0.2, 0) is 6.54 Å². The van der Waals surface area contributed by atoms with Crippen molar-refractivity contribution >= 4 is 0 Å². The van der Waals surface area contributed by atoms with Crippen LogP contribution in [0.15, 0.2) is 36.4 Å². The van der Waals surface area contributed by atoms with E-state index < -0.39 is 0 Å². The van der Waals surface area contributed by atoms with Gasteiger partial charge in [-0.15, -0.1) is 0 Å². The van der Waals surface area contributed by atoms with Gasteiger partial charge in [0.2, 0.25) is 0 Å². The molecular formula is C13H19NO. The molecule has 0 spiro atoms. The van der Waals surface area contributed by atoms with Crippen LogP contribution >= 0.6 is 0 Å². The number of hydrogen-bond donors (Lipinski definition) is 0. The zero-order valence-electron chi connectivity index (χ0n) is 9.79. The molecule has 0 aliphatic carbocycles. The average Bonchev–Trinajstić information content (AvgIpc) is 2.16. The maximum Gasteiger partial charge on any atom is 0.119 e. The van der Waals surface area contributed by atoms with Gasteiger partial charge < -0.3 is 4.74 Å². The van der Waals surface area contributed by atoms with Gasteiger partial charge in [-0.2, -0.15) is 0 Å². The van der Waals surface area contributed by atoms with Gasteiger partial charge in [0.05, 0.1) is 7.11 Å². The minimum absolute atomic E-state index is 0.913. The molecule has 1 aromatic rings. The van der Waals surface area contributed by atoms with Crippen LogP contribution in [0.1, 0.15) is 12.5 Å². The van der Waals surface area contributed by atoms with Gasteiger partial charge in [0.1, 0.15) is 5.75 Å². The summed E-state index contributed by atoms with van der Waals surface area (Å²) in [6, 6.07) is 8.15. The van der Waals surface area contributed by atoms with Crippen molar-refractivity contribution < 1.29 is 4.74 Å². The van der Waals surface area contributed by atoms with Crippen LogP contribution in [0.5, 0.6) is 5.75 Å². The van der Waals surface area contributed by atoms with Crippen LogP contribution in [0.4, 0.5) is 0 Å².